The minimum atomic E-state index is -0.243. The van der Waals surface area contributed by atoms with Gasteiger partial charge in [-0.25, -0.2) is 4.39 Å². The van der Waals surface area contributed by atoms with Gasteiger partial charge in [-0.3, -0.25) is 4.79 Å². The zero-order valence-corrected chi connectivity index (χ0v) is 9.83. The van der Waals surface area contributed by atoms with Crippen LogP contribution in [0.5, 0.6) is 0 Å². The van der Waals surface area contributed by atoms with Crippen LogP contribution in [0.4, 0.5) is 4.39 Å². The molecule has 1 nitrogen and oxygen atoms in total. The third kappa shape index (κ3) is 2.11. The predicted molar refractivity (Wildman–Crippen MR) is 66.7 cm³/mol. The summed E-state index contributed by atoms with van der Waals surface area (Å²) in [4.78, 5) is 11.0. The summed E-state index contributed by atoms with van der Waals surface area (Å²) in [5, 5.41) is 0. The summed E-state index contributed by atoms with van der Waals surface area (Å²) in [6, 6.07) is 10.3. The number of halogens is 1. The van der Waals surface area contributed by atoms with E-state index in [2.05, 4.69) is 0 Å². The van der Waals surface area contributed by atoms with Crippen molar-refractivity contribution in [2.45, 2.75) is 13.8 Å². The zero-order chi connectivity index (χ0) is 12.4. The van der Waals surface area contributed by atoms with Gasteiger partial charge in [0.2, 0.25) is 0 Å². The number of rotatable bonds is 2. The summed E-state index contributed by atoms with van der Waals surface area (Å²) >= 11 is 0. The highest BCUT2D eigenvalue weighted by molar-refractivity contribution is 5.89. The Balaban J connectivity index is 2.72. The highest BCUT2D eigenvalue weighted by Gasteiger charge is 2.10. The first-order valence-corrected chi connectivity index (χ1v) is 5.45. The van der Waals surface area contributed by atoms with E-state index in [4.69, 9.17) is 0 Å². The Kier molecular flexibility index (Phi) is 3.05. The van der Waals surface area contributed by atoms with Crippen molar-refractivity contribution < 1.29 is 9.18 Å². The van der Waals surface area contributed by atoms with Crippen molar-refractivity contribution >= 4 is 6.29 Å². The first-order valence-electron chi connectivity index (χ1n) is 5.45. The van der Waals surface area contributed by atoms with Gasteiger partial charge in [-0.2, -0.15) is 0 Å². The molecule has 17 heavy (non-hydrogen) atoms. The van der Waals surface area contributed by atoms with Crippen LogP contribution >= 0.6 is 0 Å². The Hall–Kier alpha value is -1.96. The maximum atomic E-state index is 13.2. The van der Waals surface area contributed by atoms with Crippen LogP contribution in [-0.2, 0) is 0 Å². The SMILES string of the molecule is Cc1cc(F)cc(C)c1-c1ccccc1C=O. The average molecular weight is 228 g/mol. The largest absolute Gasteiger partial charge is 0.298 e. The minimum absolute atomic E-state index is 0.243. The summed E-state index contributed by atoms with van der Waals surface area (Å²) in [7, 11) is 0. The number of benzene rings is 2. The van der Waals surface area contributed by atoms with Crippen molar-refractivity contribution in [3.05, 3.63) is 58.9 Å². The van der Waals surface area contributed by atoms with Crippen molar-refractivity contribution in [1.82, 2.24) is 0 Å². The van der Waals surface area contributed by atoms with Crippen LogP contribution in [0.15, 0.2) is 36.4 Å². The van der Waals surface area contributed by atoms with E-state index in [1.807, 2.05) is 32.0 Å². The van der Waals surface area contributed by atoms with Crippen LogP contribution in [-0.4, -0.2) is 6.29 Å². The molecule has 0 bridgehead atoms. The van der Waals surface area contributed by atoms with Crippen molar-refractivity contribution in [2.75, 3.05) is 0 Å². The quantitative estimate of drug-likeness (QED) is 0.712. The van der Waals surface area contributed by atoms with Crippen molar-refractivity contribution in [1.29, 1.82) is 0 Å². The van der Waals surface area contributed by atoms with Crippen LogP contribution in [0.1, 0.15) is 21.5 Å². The third-order valence-corrected chi connectivity index (χ3v) is 2.85. The third-order valence-electron chi connectivity index (χ3n) is 2.85. The lowest BCUT2D eigenvalue weighted by molar-refractivity contribution is 0.112. The highest BCUT2D eigenvalue weighted by Crippen LogP contribution is 2.30. The smallest absolute Gasteiger partial charge is 0.150 e. The molecular weight excluding hydrogens is 215 g/mol. The molecule has 0 aromatic heterocycles. The Morgan fingerprint density at radius 2 is 1.65 bits per heavy atom. The molecule has 0 spiro atoms. The molecule has 0 heterocycles. The average Bonchev–Trinajstić information content (AvgIpc) is 2.28. The monoisotopic (exact) mass is 228 g/mol. The first kappa shape index (κ1) is 11.5. The van der Waals surface area contributed by atoms with Crippen LogP contribution in [0, 0.1) is 19.7 Å². The van der Waals surface area contributed by atoms with Gasteiger partial charge in [0.15, 0.2) is 6.29 Å². The van der Waals surface area contributed by atoms with Gasteiger partial charge >= 0.3 is 0 Å². The van der Waals surface area contributed by atoms with Gasteiger partial charge in [-0.1, -0.05) is 24.3 Å². The van der Waals surface area contributed by atoms with E-state index in [1.165, 1.54) is 12.1 Å². The summed E-state index contributed by atoms with van der Waals surface area (Å²) in [5.41, 5.74) is 4.12. The number of hydrogen-bond donors (Lipinski definition) is 0. The fraction of sp³-hybridized carbons (Fsp3) is 0.133. The fourth-order valence-corrected chi connectivity index (χ4v) is 2.16. The molecule has 2 aromatic rings. The summed E-state index contributed by atoms with van der Waals surface area (Å²) in [5.74, 6) is -0.243. The molecule has 2 heteroatoms. The maximum absolute atomic E-state index is 13.2. The summed E-state index contributed by atoms with van der Waals surface area (Å²) in [6.45, 7) is 3.71. The number of hydrogen-bond acceptors (Lipinski definition) is 1. The van der Waals surface area contributed by atoms with Crippen molar-refractivity contribution in [3.8, 4) is 11.1 Å². The highest BCUT2D eigenvalue weighted by atomic mass is 19.1. The molecule has 0 fully saturated rings. The standard InChI is InChI=1S/C15H13FO/c1-10-7-13(16)8-11(2)15(10)14-6-4-3-5-12(14)9-17/h3-9H,1-2H3. The zero-order valence-electron chi connectivity index (χ0n) is 9.83. The normalized spacial score (nSPS) is 10.3. The maximum Gasteiger partial charge on any atom is 0.150 e. The molecule has 0 N–H and O–H groups in total. The molecule has 2 rings (SSSR count). The van der Waals surface area contributed by atoms with E-state index in [-0.39, 0.29) is 5.82 Å². The molecular formula is C15H13FO. The molecule has 0 aliphatic heterocycles. The van der Waals surface area contributed by atoms with E-state index in [9.17, 15) is 9.18 Å². The molecule has 2 aromatic carbocycles. The minimum Gasteiger partial charge on any atom is -0.298 e. The lowest BCUT2D eigenvalue weighted by atomic mass is 9.92. The predicted octanol–water partition coefficient (Wildman–Crippen LogP) is 3.92. The summed E-state index contributed by atoms with van der Waals surface area (Å²) in [6.07, 6.45) is 0.831. The number of carbonyl (C=O) groups excluding carboxylic acids is 1. The molecule has 0 amide bonds. The van der Waals surface area contributed by atoms with Crippen LogP contribution in [0.25, 0.3) is 11.1 Å². The van der Waals surface area contributed by atoms with E-state index in [0.29, 0.717) is 5.56 Å². The fourth-order valence-electron chi connectivity index (χ4n) is 2.16. The Bertz CT molecular complexity index is 550. The van der Waals surface area contributed by atoms with Crippen molar-refractivity contribution in [3.63, 3.8) is 0 Å². The molecule has 0 unspecified atom stereocenters. The lowest BCUT2D eigenvalue weighted by Gasteiger charge is -2.12. The molecule has 86 valence electrons. The van der Waals surface area contributed by atoms with E-state index in [1.54, 1.807) is 6.07 Å². The van der Waals surface area contributed by atoms with Crippen molar-refractivity contribution in [2.24, 2.45) is 0 Å². The van der Waals surface area contributed by atoms with Gasteiger partial charge < -0.3 is 0 Å². The van der Waals surface area contributed by atoms with Gasteiger partial charge in [-0.05, 0) is 48.2 Å². The van der Waals surface area contributed by atoms with Gasteiger partial charge in [0.25, 0.3) is 0 Å². The van der Waals surface area contributed by atoms with Gasteiger partial charge in [0, 0.05) is 5.56 Å². The Morgan fingerprint density at radius 1 is 1.06 bits per heavy atom. The lowest BCUT2D eigenvalue weighted by Crippen LogP contribution is -1.94. The molecule has 0 radical (unpaired) electrons. The molecule has 0 saturated carbocycles. The Morgan fingerprint density at radius 3 is 2.24 bits per heavy atom. The number of carbonyl (C=O) groups is 1. The van der Waals surface area contributed by atoms with Gasteiger partial charge in [0.1, 0.15) is 5.82 Å². The van der Waals surface area contributed by atoms with Gasteiger partial charge in [0.05, 0.1) is 0 Å². The second-order valence-corrected chi connectivity index (χ2v) is 4.12. The van der Waals surface area contributed by atoms with Crippen LogP contribution in [0.3, 0.4) is 0 Å². The second-order valence-electron chi connectivity index (χ2n) is 4.12. The topological polar surface area (TPSA) is 17.1 Å². The second kappa shape index (κ2) is 4.50. The summed E-state index contributed by atoms with van der Waals surface area (Å²) < 4.78 is 13.2. The number of aldehydes is 1. The van der Waals surface area contributed by atoms with E-state index >= 15 is 0 Å². The molecule has 0 saturated heterocycles. The first-order chi connectivity index (χ1) is 8.13. The van der Waals surface area contributed by atoms with Crippen LogP contribution < -0.4 is 0 Å². The molecule has 0 aliphatic carbocycles. The Labute approximate surface area is 99.9 Å². The van der Waals surface area contributed by atoms with E-state index in [0.717, 1.165) is 28.5 Å². The number of aryl methyl sites for hydroxylation is 2. The molecule has 0 aliphatic rings. The van der Waals surface area contributed by atoms with Gasteiger partial charge in [-0.15, -0.1) is 0 Å². The van der Waals surface area contributed by atoms with Crippen LogP contribution in [0.2, 0.25) is 0 Å². The molecule has 0 atom stereocenters. The van der Waals surface area contributed by atoms with E-state index < -0.39 is 0 Å².